The van der Waals surface area contributed by atoms with E-state index in [9.17, 15) is 52.7 Å². The molecule has 0 spiro atoms. The van der Waals surface area contributed by atoms with Crippen LogP contribution in [0.5, 0.6) is 5.75 Å². The maximum atomic E-state index is 15.4. The summed E-state index contributed by atoms with van der Waals surface area (Å²) in [5.74, 6) is -70.5. The molecule has 0 atom stereocenters. The summed E-state index contributed by atoms with van der Waals surface area (Å²) in [6.45, 7) is 0. The fourth-order valence-corrected chi connectivity index (χ4v) is 8.82. The maximum absolute atomic E-state index is 15.4. The molecule has 0 N–H and O–H groups in total. The molecule has 0 radical (unpaired) electrons. The Morgan fingerprint density at radius 3 is 0.942 bits per heavy atom. The summed E-state index contributed by atoms with van der Waals surface area (Å²) in [4.78, 5) is 6.39. The number of hydrogen-bond acceptors (Lipinski definition) is 2. The summed E-state index contributed by atoms with van der Waals surface area (Å²) >= 11 is 1.68. The van der Waals surface area contributed by atoms with Crippen LogP contribution in [0.1, 0.15) is 0 Å². The van der Waals surface area contributed by atoms with E-state index in [4.69, 9.17) is 4.84 Å². The second-order valence-corrected chi connectivity index (χ2v) is 15.4. The van der Waals surface area contributed by atoms with Crippen molar-refractivity contribution in [3.05, 3.63) is 201 Å². The van der Waals surface area contributed by atoms with Crippen molar-refractivity contribution >= 4 is 71.1 Å². The van der Waals surface area contributed by atoms with Gasteiger partial charge in [-0.15, -0.1) is 21.9 Å². The Morgan fingerprint density at radius 2 is 0.609 bits per heavy atom. The molecule has 0 aliphatic rings. The van der Waals surface area contributed by atoms with Crippen LogP contribution in [0.15, 0.2) is 84.4 Å². The summed E-state index contributed by atoms with van der Waals surface area (Å²) in [7, 11) is 0. The fraction of sp³-hybridized carbons (Fsp3) is 0. The van der Waals surface area contributed by atoms with Gasteiger partial charge in [0.15, 0.2) is 69.8 Å². The number of thiazole rings is 1. The van der Waals surface area contributed by atoms with Crippen LogP contribution in [0, 0.1) is 116 Å². The molecular formula is C45H14BF20NOS. The Balaban J connectivity index is 0.000000221. The molecule has 24 heteroatoms. The van der Waals surface area contributed by atoms with Gasteiger partial charge in [0.1, 0.15) is 57.4 Å². The Kier molecular flexibility index (Phi) is 12.3. The number of benzene rings is 8. The number of nitrogens with zero attached hydrogens (tertiary/aromatic N) is 1. The predicted molar refractivity (Wildman–Crippen MR) is 209 cm³/mol. The molecule has 8 aromatic carbocycles. The van der Waals surface area contributed by atoms with Gasteiger partial charge in [-0.3, -0.25) is 0 Å². The summed E-state index contributed by atoms with van der Waals surface area (Å²) in [5.41, 5.74) is -11.2. The fourth-order valence-electron chi connectivity index (χ4n) is 8.01. The molecule has 9 aromatic rings. The largest absolute Gasteiger partial charge is 0.278 e. The highest BCUT2D eigenvalue weighted by Crippen LogP contribution is 2.35. The Labute approximate surface area is 374 Å². The van der Waals surface area contributed by atoms with Crippen molar-refractivity contribution < 1.29 is 97.4 Å². The first-order valence-corrected chi connectivity index (χ1v) is 19.7. The zero-order valence-corrected chi connectivity index (χ0v) is 33.8. The zero-order valence-electron chi connectivity index (χ0n) is 33.0. The third kappa shape index (κ3) is 7.16. The highest BCUT2D eigenvalue weighted by Gasteiger charge is 2.52. The molecule has 0 bridgehead atoms. The number of para-hydroxylation sites is 1. The van der Waals surface area contributed by atoms with Crippen molar-refractivity contribution in [1.82, 2.24) is 0 Å². The van der Waals surface area contributed by atoms with Crippen molar-refractivity contribution in [3.8, 4) is 5.75 Å². The monoisotopic (exact) mass is 1010 g/mol. The normalized spacial score (nSPS) is 11.8. The van der Waals surface area contributed by atoms with Gasteiger partial charge in [0.2, 0.25) is 5.75 Å². The highest BCUT2D eigenvalue weighted by atomic mass is 32.1. The zero-order chi connectivity index (χ0) is 50.3. The molecule has 69 heavy (non-hydrogen) atoms. The van der Waals surface area contributed by atoms with E-state index in [1.54, 1.807) is 11.3 Å². The van der Waals surface area contributed by atoms with Crippen molar-refractivity contribution in [2.45, 2.75) is 0 Å². The molecule has 0 saturated heterocycles. The van der Waals surface area contributed by atoms with Gasteiger partial charge < -0.3 is 0 Å². The summed E-state index contributed by atoms with van der Waals surface area (Å²) in [5, 5.41) is 4.62. The molecule has 9 rings (SSSR count). The third-order valence-corrected chi connectivity index (χ3v) is 11.9. The van der Waals surface area contributed by atoms with Crippen LogP contribution in [0.3, 0.4) is 0 Å². The van der Waals surface area contributed by atoms with Gasteiger partial charge in [-0.25, -0.2) is 92.6 Å². The maximum Gasteiger partial charge on any atom is 0.278 e. The Bertz CT molecular complexity index is 3190. The first-order valence-electron chi connectivity index (χ1n) is 18.8. The van der Waals surface area contributed by atoms with E-state index in [2.05, 4.69) is 72.8 Å². The van der Waals surface area contributed by atoms with Crippen LogP contribution in [-0.2, 0) is 0 Å². The van der Waals surface area contributed by atoms with Gasteiger partial charge in [-0.2, -0.15) is 0 Å². The van der Waals surface area contributed by atoms with Crippen molar-refractivity contribution in [1.29, 1.82) is 0 Å². The van der Waals surface area contributed by atoms with Gasteiger partial charge in [0, 0.05) is 21.6 Å². The lowest BCUT2D eigenvalue weighted by atomic mass is 9.12. The molecule has 0 aliphatic carbocycles. The van der Waals surface area contributed by atoms with Crippen LogP contribution >= 0.6 is 11.3 Å². The molecule has 0 fully saturated rings. The Hall–Kier alpha value is -7.37. The van der Waals surface area contributed by atoms with Crippen molar-refractivity contribution in [2.24, 2.45) is 0 Å². The summed E-state index contributed by atoms with van der Waals surface area (Å²) in [6.07, 6.45) is -7.22. The average Bonchev–Trinajstić information content (AvgIpc) is 3.76. The van der Waals surface area contributed by atoms with Crippen molar-refractivity contribution in [2.75, 3.05) is 0 Å². The Morgan fingerprint density at radius 1 is 0.333 bits per heavy atom. The highest BCUT2D eigenvalue weighted by molar-refractivity contribution is 7.20. The molecule has 0 unspecified atom stereocenters. The predicted octanol–water partition coefficient (Wildman–Crippen LogP) is 11.2. The van der Waals surface area contributed by atoms with Gasteiger partial charge in [0.25, 0.3) is 11.0 Å². The number of halogens is 20. The number of aromatic nitrogens is 1. The quantitative estimate of drug-likeness (QED) is 0.0404. The first kappa shape index (κ1) is 48.1. The van der Waals surface area contributed by atoms with Crippen molar-refractivity contribution in [3.63, 3.8) is 0 Å². The number of hydrogen-bond donors (Lipinski definition) is 0. The molecule has 2 nitrogen and oxygen atoms in total. The second-order valence-electron chi connectivity index (χ2n) is 14.6. The number of rotatable bonds is 6. The smallest absolute Gasteiger partial charge is 0.229 e. The third-order valence-electron chi connectivity index (χ3n) is 11.0. The minimum absolute atomic E-state index is 0.900. The lowest BCUT2D eigenvalue weighted by Gasteiger charge is -2.44. The molecule has 0 aliphatic heterocycles. The standard InChI is InChI=1S/C24BF20.C21H14NOS/c26-5-1(6(27)14(35)21(42)13(5)34)25(2-7(28)15(36)22(43)16(37)8(2)29,3-9(30)17(38)23(44)18(39)10(3)31)4-11(32)19(40)24(45)20(41)12(4)33;1-3-9-17-15(7-1)13-16-8-2-4-10-18(16)21(17)23-22-14-24-20-12-6-5-11-19(20)22/h;1-14H/q-1;+1. The van der Waals surface area contributed by atoms with Gasteiger partial charge in [-0.1, -0.05) is 72.0 Å². The molecule has 0 amide bonds. The average molecular weight is 1010 g/mol. The van der Waals surface area contributed by atoms with Gasteiger partial charge in [0.05, 0.1) is 0 Å². The molecular weight excluding hydrogens is 993 g/mol. The lowest BCUT2D eigenvalue weighted by molar-refractivity contribution is -0.850. The topological polar surface area (TPSA) is 13.1 Å². The van der Waals surface area contributed by atoms with E-state index < -0.39 is 144 Å². The van der Waals surface area contributed by atoms with E-state index in [-0.39, 0.29) is 0 Å². The second kappa shape index (κ2) is 17.6. The SMILES string of the molecule is Fc1c(F)c(F)c([B-](c2c(F)c(F)c(F)c(F)c2F)(c2c(F)c(F)c(F)c(F)c2F)c2c(F)c(F)c(F)c(F)c2F)c(F)c1F.c1ccc2c(O[n+]3csc4ccccc43)c3ccccc3cc2c1. The minimum atomic E-state index is -7.22. The summed E-state index contributed by atoms with van der Waals surface area (Å²) in [6, 6.07) is 27.2. The van der Waals surface area contributed by atoms with Crippen LogP contribution in [0.2, 0.25) is 0 Å². The molecule has 1 heterocycles. The van der Waals surface area contributed by atoms with Gasteiger partial charge >= 0.3 is 0 Å². The van der Waals surface area contributed by atoms with Crippen LogP contribution in [0.4, 0.5) is 87.8 Å². The minimum Gasteiger partial charge on any atom is -0.229 e. The van der Waals surface area contributed by atoms with E-state index in [0.29, 0.717) is 0 Å². The number of fused-ring (bicyclic) bond motifs is 3. The van der Waals surface area contributed by atoms with E-state index in [1.807, 2.05) is 16.3 Å². The van der Waals surface area contributed by atoms with Crippen LogP contribution in [0.25, 0.3) is 31.8 Å². The molecule has 354 valence electrons. The molecule has 0 saturated carbocycles. The van der Waals surface area contributed by atoms with E-state index in [0.717, 1.165) is 22.0 Å². The first-order chi connectivity index (χ1) is 32.6. The van der Waals surface area contributed by atoms with E-state index >= 15 is 35.1 Å². The van der Waals surface area contributed by atoms with Gasteiger partial charge in [-0.05, 0) is 22.9 Å². The summed E-state index contributed by atoms with van der Waals surface area (Å²) < 4.78 is 297. The van der Waals surface area contributed by atoms with E-state index in [1.165, 1.54) is 15.5 Å². The van der Waals surface area contributed by atoms with Crippen LogP contribution < -0.4 is 31.4 Å². The lowest BCUT2D eigenvalue weighted by Crippen LogP contribution is -2.81. The van der Waals surface area contributed by atoms with Crippen LogP contribution in [-0.4, -0.2) is 6.15 Å². The molecule has 1 aromatic heterocycles.